The van der Waals surface area contributed by atoms with Crippen LogP contribution in [-0.2, 0) is 0 Å². The molecule has 0 saturated carbocycles. The van der Waals surface area contributed by atoms with Crippen molar-refractivity contribution >= 4 is 14.3 Å². The lowest BCUT2D eigenvalue weighted by molar-refractivity contribution is 0.864. The molecular weight excluding hydrogens is 153 g/mol. The maximum atomic E-state index is 4.57. The lowest BCUT2D eigenvalue weighted by Gasteiger charge is -2.07. The zero-order valence-corrected chi connectivity index (χ0v) is 8.68. The number of hydrogen-bond acceptors (Lipinski definition) is 1. The van der Waals surface area contributed by atoms with Crippen LogP contribution in [0.3, 0.4) is 0 Å². The Kier molecular flexibility index (Phi) is 2.84. The first kappa shape index (κ1) is 8.93. The highest BCUT2D eigenvalue weighted by Gasteiger charge is 2.16. The van der Waals surface area contributed by atoms with Crippen molar-refractivity contribution in [2.75, 3.05) is 6.66 Å². The lowest BCUT2D eigenvalue weighted by atomic mass is 10.1. The molecule has 0 bridgehead atoms. The standard InChI is InChI=1S/C9H16NP/c1-6(2)9-8(11-4)5-7(3)10-9/h5-7,11H,1-4H3. The third kappa shape index (κ3) is 1.90. The predicted octanol–water partition coefficient (Wildman–Crippen LogP) is 2.68. The largest absolute Gasteiger partial charge is 0.282 e. The van der Waals surface area contributed by atoms with Crippen molar-refractivity contribution in [2.45, 2.75) is 26.8 Å². The van der Waals surface area contributed by atoms with Crippen molar-refractivity contribution in [3.63, 3.8) is 0 Å². The van der Waals surface area contributed by atoms with Crippen LogP contribution in [0.25, 0.3) is 0 Å². The van der Waals surface area contributed by atoms with Gasteiger partial charge in [-0.1, -0.05) is 28.5 Å². The summed E-state index contributed by atoms with van der Waals surface area (Å²) in [5.41, 5.74) is 1.33. The van der Waals surface area contributed by atoms with Crippen molar-refractivity contribution in [3.05, 3.63) is 11.4 Å². The molecule has 0 fully saturated rings. The van der Waals surface area contributed by atoms with Gasteiger partial charge >= 0.3 is 0 Å². The van der Waals surface area contributed by atoms with Crippen LogP contribution in [0.4, 0.5) is 0 Å². The van der Waals surface area contributed by atoms with Crippen molar-refractivity contribution < 1.29 is 0 Å². The SMILES string of the molecule is CPC1=CC(C)N=C1C(C)C. The lowest BCUT2D eigenvalue weighted by Crippen LogP contribution is -2.05. The number of nitrogens with zero attached hydrogens (tertiary/aromatic N) is 1. The minimum Gasteiger partial charge on any atom is -0.282 e. The average Bonchev–Trinajstić information content (AvgIpc) is 2.30. The Hall–Kier alpha value is -0.160. The molecule has 1 aliphatic heterocycles. The highest BCUT2D eigenvalue weighted by atomic mass is 31.1. The van der Waals surface area contributed by atoms with Gasteiger partial charge < -0.3 is 0 Å². The topological polar surface area (TPSA) is 12.4 Å². The summed E-state index contributed by atoms with van der Waals surface area (Å²) in [6.45, 7) is 8.80. The zero-order chi connectivity index (χ0) is 8.43. The van der Waals surface area contributed by atoms with E-state index in [9.17, 15) is 0 Å². The van der Waals surface area contributed by atoms with Crippen molar-refractivity contribution in [1.82, 2.24) is 0 Å². The molecule has 0 saturated heterocycles. The fourth-order valence-corrected chi connectivity index (χ4v) is 2.34. The molecule has 2 heteroatoms. The van der Waals surface area contributed by atoms with Crippen molar-refractivity contribution in [1.29, 1.82) is 0 Å². The second-order valence-corrected chi connectivity index (χ2v) is 4.28. The molecule has 0 spiro atoms. The molecule has 0 aliphatic carbocycles. The summed E-state index contributed by atoms with van der Waals surface area (Å²) >= 11 is 0. The summed E-state index contributed by atoms with van der Waals surface area (Å²) in [5.74, 6) is 0.596. The summed E-state index contributed by atoms with van der Waals surface area (Å²) in [6.07, 6.45) is 2.29. The summed E-state index contributed by atoms with van der Waals surface area (Å²) in [5, 5.41) is 1.48. The van der Waals surface area contributed by atoms with E-state index in [1.165, 1.54) is 11.0 Å². The Balaban J connectivity index is 2.80. The van der Waals surface area contributed by atoms with E-state index < -0.39 is 0 Å². The van der Waals surface area contributed by atoms with Gasteiger partial charge in [0.25, 0.3) is 0 Å². The number of allylic oxidation sites excluding steroid dienone is 1. The monoisotopic (exact) mass is 169 g/mol. The van der Waals surface area contributed by atoms with Gasteiger partial charge in [-0.15, -0.1) is 0 Å². The Morgan fingerprint density at radius 2 is 2.18 bits per heavy atom. The van der Waals surface area contributed by atoms with Crippen LogP contribution in [0.2, 0.25) is 0 Å². The molecule has 1 aliphatic rings. The highest BCUT2D eigenvalue weighted by Crippen LogP contribution is 2.29. The molecule has 0 radical (unpaired) electrons. The van der Waals surface area contributed by atoms with Gasteiger partial charge in [0.05, 0.1) is 6.04 Å². The maximum Gasteiger partial charge on any atom is 0.0665 e. The molecule has 1 heterocycles. The average molecular weight is 169 g/mol. The summed E-state index contributed by atoms with van der Waals surface area (Å²) in [4.78, 5) is 4.57. The normalized spacial score (nSPS) is 25.0. The van der Waals surface area contributed by atoms with E-state index in [0.29, 0.717) is 12.0 Å². The second kappa shape index (κ2) is 3.49. The summed E-state index contributed by atoms with van der Waals surface area (Å²) in [6, 6.07) is 0.426. The van der Waals surface area contributed by atoms with E-state index in [1.807, 2.05) is 0 Å². The second-order valence-electron chi connectivity index (χ2n) is 3.24. The number of rotatable bonds is 2. The maximum absolute atomic E-state index is 4.57. The van der Waals surface area contributed by atoms with Crippen LogP contribution in [0.1, 0.15) is 20.8 Å². The summed E-state index contributed by atoms with van der Waals surface area (Å²) in [7, 11) is 0.901. The summed E-state index contributed by atoms with van der Waals surface area (Å²) < 4.78 is 0. The number of hydrogen-bond donors (Lipinski definition) is 0. The molecular formula is C9H16NP. The minimum atomic E-state index is 0.426. The van der Waals surface area contributed by atoms with Gasteiger partial charge in [-0.05, 0) is 24.8 Å². The molecule has 1 nitrogen and oxygen atoms in total. The Morgan fingerprint density at radius 1 is 1.55 bits per heavy atom. The first-order chi connectivity index (χ1) is 5.15. The van der Waals surface area contributed by atoms with Crippen molar-refractivity contribution in [2.24, 2.45) is 10.9 Å². The van der Waals surface area contributed by atoms with Crippen LogP contribution in [0.15, 0.2) is 16.4 Å². The van der Waals surface area contributed by atoms with Gasteiger partial charge in [-0.2, -0.15) is 0 Å². The molecule has 2 unspecified atom stereocenters. The third-order valence-corrected chi connectivity index (χ3v) is 2.80. The fourth-order valence-electron chi connectivity index (χ4n) is 1.32. The van der Waals surface area contributed by atoms with Crippen LogP contribution < -0.4 is 0 Å². The molecule has 0 aromatic rings. The Labute approximate surface area is 70.8 Å². The van der Waals surface area contributed by atoms with Gasteiger partial charge in [0.1, 0.15) is 0 Å². The highest BCUT2D eigenvalue weighted by molar-refractivity contribution is 7.44. The minimum absolute atomic E-state index is 0.426. The Bertz CT molecular complexity index is 204. The van der Waals surface area contributed by atoms with Crippen LogP contribution >= 0.6 is 8.58 Å². The predicted molar refractivity (Wildman–Crippen MR) is 54.1 cm³/mol. The molecule has 2 atom stereocenters. The van der Waals surface area contributed by atoms with E-state index in [4.69, 9.17) is 0 Å². The van der Waals surface area contributed by atoms with Crippen molar-refractivity contribution in [3.8, 4) is 0 Å². The Morgan fingerprint density at radius 3 is 2.55 bits per heavy atom. The van der Waals surface area contributed by atoms with Crippen LogP contribution in [-0.4, -0.2) is 18.4 Å². The van der Waals surface area contributed by atoms with Gasteiger partial charge in [0.2, 0.25) is 0 Å². The van der Waals surface area contributed by atoms with E-state index in [0.717, 1.165) is 8.58 Å². The van der Waals surface area contributed by atoms with Gasteiger partial charge in [0.15, 0.2) is 0 Å². The fraction of sp³-hybridized carbons (Fsp3) is 0.667. The van der Waals surface area contributed by atoms with Gasteiger partial charge in [-0.25, -0.2) is 0 Å². The molecule has 0 aromatic heterocycles. The van der Waals surface area contributed by atoms with Crippen LogP contribution in [0.5, 0.6) is 0 Å². The quantitative estimate of drug-likeness (QED) is 0.563. The zero-order valence-electron chi connectivity index (χ0n) is 7.68. The number of aliphatic imine (C=N–C) groups is 1. The van der Waals surface area contributed by atoms with Gasteiger partial charge in [0, 0.05) is 5.71 Å². The van der Waals surface area contributed by atoms with Gasteiger partial charge in [-0.3, -0.25) is 4.99 Å². The first-order valence-electron chi connectivity index (χ1n) is 4.12. The molecule has 62 valence electrons. The third-order valence-electron chi connectivity index (χ3n) is 1.84. The van der Waals surface area contributed by atoms with Crippen LogP contribution in [0, 0.1) is 5.92 Å². The molecule has 0 amide bonds. The molecule has 0 aromatic carbocycles. The first-order valence-corrected chi connectivity index (χ1v) is 5.62. The van der Waals surface area contributed by atoms with E-state index >= 15 is 0 Å². The molecule has 1 rings (SSSR count). The van der Waals surface area contributed by atoms with E-state index in [-0.39, 0.29) is 0 Å². The molecule has 11 heavy (non-hydrogen) atoms. The van der Waals surface area contributed by atoms with E-state index in [1.54, 1.807) is 0 Å². The molecule has 0 N–H and O–H groups in total. The smallest absolute Gasteiger partial charge is 0.0665 e. The van der Waals surface area contributed by atoms with E-state index in [2.05, 4.69) is 38.5 Å².